The highest BCUT2D eigenvalue weighted by Gasteiger charge is 2.34. The zero-order valence-electron chi connectivity index (χ0n) is 5.48. The first-order chi connectivity index (χ1) is 4.91. The fourth-order valence-electron chi connectivity index (χ4n) is 0.580. The number of hydrogen-bond acceptors (Lipinski definition) is 1. The Morgan fingerprint density at radius 3 is 2.27 bits per heavy atom. The van der Waals surface area contributed by atoms with Gasteiger partial charge in [0.2, 0.25) is 0 Å². The van der Waals surface area contributed by atoms with Gasteiger partial charge >= 0.3 is 6.18 Å². The molecule has 0 aliphatic heterocycles. The fourth-order valence-corrected chi connectivity index (χ4v) is 0.980. The van der Waals surface area contributed by atoms with Gasteiger partial charge in [0, 0.05) is 13.2 Å². The summed E-state index contributed by atoms with van der Waals surface area (Å²) in [5.41, 5.74) is -0.843. The van der Waals surface area contributed by atoms with Crippen LogP contribution in [-0.2, 0) is 13.2 Å². The highest BCUT2D eigenvalue weighted by Crippen LogP contribution is 2.28. The van der Waals surface area contributed by atoms with E-state index in [9.17, 15) is 13.2 Å². The van der Waals surface area contributed by atoms with Gasteiger partial charge in [-0.25, -0.2) is 4.98 Å². The zero-order chi connectivity index (χ0) is 8.65. The summed E-state index contributed by atoms with van der Waals surface area (Å²) in [6, 6.07) is 0. The largest absolute Gasteiger partial charge is 0.434 e. The van der Waals surface area contributed by atoms with Gasteiger partial charge in [-0.3, -0.25) is 0 Å². The highest BCUT2D eigenvalue weighted by atomic mass is 127. The molecule has 0 radical (unpaired) electrons. The Kier molecular flexibility index (Phi) is 2.13. The first-order valence-corrected chi connectivity index (χ1v) is 3.75. The second kappa shape index (κ2) is 2.65. The third kappa shape index (κ3) is 1.85. The molecule has 1 heterocycles. The van der Waals surface area contributed by atoms with Crippen molar-refractivity contribution in [3.63, 3.8) is 0 Å². The molecule has 1 rings (SSSR count). The van der Waals surface area contributed by atoms with E-state index in [1.165, 1.54) is 11.6 Å². The molecule has 6 heteroatoms. The van der Waals surface area contributed by atoms with Gasteiger partial charge in [0.25, 0.3) is 0 Å². The highest BCUT2D eigenvalue weighted by molar-refractivity contribution is 14.1. The van der Waals surface area contributed by atoms with Crippen LogP contribution >= 0.6 is 22.6 Å². The number of alkyl halides is 3. The van der Waals surface area contributed by atoms with Gasteiger partial charge in [-0.15, -0.1) is 0 Å². The van der Waals surface area contributed by atoms with Crippen LogP contribution in [-0.4, -0.2) is 9.55 Å². The van der Waals surface area contributed by atoms with Crippen molar-refractivity contribution in [3.8, 4) is 0 Å². The minimum absolute atomic E-state index is 0.329. The van der Waals surface area contributed by atoms with Crippen molar-refractivity contribution in [1.29, 1.82) is 0 Å². The lowest BCUT2D eigenvalue weighted by Crippen LogP contribution is -2.04. The van der Waals surface area contributed by atoms with Crippen molar-refractivity contribution in [2.75, 3.05) is 0 Å². The Labute approximate surface area is 74.6 Å². The van der Waals surface area contributed by atoms with Crippen molar-refractivity contribution in [1.82, 2.24) is 9.55 Å². The van der Waals surface area contributed by atoms with E-state index in [4.69, 9.17) is 0 Å². The van der Waals surface area contributed by atoms with E-state index in [1.54, 1.807) is 22.6 Å². The van der Waals surface area contributed by atoms with Gasteiger partial charge in [-0.2, -0.15) is 13.2 Å². The van der Waals surface area contributed by atoms with Gasteiger partial charge in [-0.05, 0) is 22.6 Å². The molecule has 0 amide bonds. The van der Waals surface area contributed by atoms with Gasteiger partial charge < -0.3 is 4.57 Å². The normalized spacial score (nSPS) is 12.1. The van der Waals surface area contributed by atoms with Crippen LogP contribution in [0.2, 0.25) is 0 Å². The molecule has 0 aromatic carbocycles. The molecule has 1 aromatic rings. The van der Waals surface area contributed by atoms with E-state index >= 15 is 0 Å². The molecule has 0 spiro atoms. The Morgan fingerprint density at radius 1 is 1.55 bits per heavy atom. The van der Waals surface area contributed by atoms with Crippen LogP contribution in [0.5, 0.6) is 0 Å². The lowest BCUT2D eigenvalue weighted by atomic mass is 10.5. The van der Waals surface area contributed by atoms with Crippen LogP contribution in [0.4, 0.5) is 13.2 Å². The molecule has 0 aliphatic carbocycles. The molecule has 62 valence electrons. The third-order valence-electron chi connectivity index (χ3n) is 1.11. The summed E-state index contributed by atoms with van der Waals surface area (Å²) in [4.78, 5) is 3.31. The van der Waals surface area contributed by atoms with Crippen LogP contribution in [0.1, 0.15) is 5.69 Å². The van der Waals surface area contributed by atoms with E-state index in [2.05, 4.69) is 4.98 Å². The van der Waals surface area contributed by atoms with Crippen molar-refractivity contribution in [2.45, 2.75) is 6.18 Å². The SMILES string of the molecule is Cn1cc(C(F)(F)F)nc1I. The van der Waals surface area contributed by atoms with Gasteiger partial charge in [0.1, 0.15) is 0 Å². The lowest BCUT2D eigenvalue weighted by Gasteiger charge is -1.98. The summed E-state index contributed by atoms with van der Waals surface area (Å²) in [7, 11) is 1.52. The summed E-state index contributed by atoms with van der Waals surface area (Å²) in [5, 5.41) is 0. The minimum atomic E-state index is -4.33. The molecule has 0 atom stereocenters. The van der Waals surface area contributed by atoms with Crippen LogP contribution in [0.15, 0.2) is 6.20 Å². The molecular weight excluding hydrogens is 272 g/mol. The summed E-state index contributed by atoms with van der Waals surface area (Å²) >= 11 is 1.74. The Hall–Kier alpha value is -0.270. The molecule has 2 nitrogen and oxygen atoms in total. The maximum atomic E-state index is 11.9. The van der Waals surface area contributed by atoms with Crippen LogP contribution in [0, 0.1) is 3.83 Å². The third-order valence-corrected chi connectivity index (χ3v) is 2.11. The van der Waals surface area contributed by atoms with E-state index < -0.39 is 11.9 Å². The summed E-state index contributed by atoms with van der Waals surface area (Å²) < 4.78 is 37.4. The molecule has 0 N–H and O–H groups in total. The Morgan fingerprint density at radius 2 is 2.09 bits per heavy atom. The first kappa shape index (κ1) is 8.82. The second-order valence-corrected chi connectivity index (χ2v) is 2.97. The molecule has 0 unspecified atom stereocenters. The van der Waals surface area contributed by atoms with Gasteiger partial charge in [0.15, 0.2) is 9.53 Å². The molecule has 0 saturated heterocycles. The van der Waals surface area contributed by atoms with Crippen molar-refractivity contribution >= 4 is 22.6 Å². The van der Waals surface area contributed by atoms with Crippen LogP contribution < -0.4 is 0 Å². The number of halogens is 4. The summed E-state index contributed by atoms with van der Waals surface area (Å²) in [5.74, 6) is 0. The van der Waals surface area contributed by atoms with Gasteiger partial charge in [0.05, 0.1) is 0 Å². The maximum Gasteiger partial charge on any atom is 0.434 e. The number of aromatic nitrogens is 2. The first-order valence-electron chi connectivity index (χ1n) is 2.67. The topological polar surface area (TPSA) is 17.8 Å². The molecular formula is C5H4F3IN2. The smallest absolute Gasteiger partial charge is 0.329 e. The van der Waals surface area contributed by atoms with Crippen molar-refractivity contribution in [2.24, 2.45) is 7.05 Å². The number of imidazole rings is 1. The molecule has 0 aliphatic rings. The van der Waals surface area contributed by atoms with E-state index in [1.807, 2.05) is 0 Å². The second-order valence-electron chi connectivity index (χ2n) is 2.00. The predicted molar refractivity (Wildman–Crippen MR) is 40.9 cm³/mol. The summed E-state index contributed by atoms with van der Waals surface area (Å²) in [6.45, 7) is 0. The Balaban J connectivity index is 3.08. The molecule has 0 bridgehead atoms. The number of rotatable bonds is 0. The summed E-state index contributed by atoms with van der Waals surface area (Å²) in [6.07, 6.45) is -3.37. The van der Waals surface area contributed by atoms with Crippen molar-refractivity contribution in [3.05, 3.63) is 15.7 Å². The van der Waals surface area contributed by atoms with E-state index in [-0.39, 0.29) is 0 Å². The molecule has 1 aromatic heterocycles. The quantitative estimate of drug-likeness (QED) is 0.663. The number of hydrogen-bond donors (Lipinski definition) is 0. The molecule has 0 saturated carbocycles. The zero-order valence-corrected chi connectivity index (χ0v) is 7.64. The van der Waals surface area contributed by atoms with Gasteiger partial charge in [-0.1, -0.05) is 0 Å². The monoisotopic (exact) mass is 276 g/mol. The van der Waals surface area contributed by atoms with Crippen LogP contribution in [0.3, 0.4) is 0 Å². The lowest BCUT2D eigenvalue weighted by molar-refractivity contribution is -0.141. The number of aryl methyl sites for hydroxylation is 1. The molecule has 0 fully saturated rings. The fraction of sp³-hybridized carbons (Fsp3) is 0.400. The maximum absolute atomic E-state index is 11.9. The van der Waals surface area contributed by atoms with Crippen molar-refractivity contribution < 1.29 is 13.2 Å². The van der Waals surface area contributed by atoms with Crippen LogP contribution in [0.25, 0.3) is 0 Å². The minimum Gasteiger partial charge on any atom is -0.329 e. The van der Waals surface area contributed by atoms with E-state index in [0.29, 0.717) is 3.83 Å². The standard InChI is InChI=1S/C5H4F3IN2/c1-11-2-3(5(6,7)8)10-4(11)9/h2H,1H3. The average Bonchev–Trinajstić information content (AvgIpc) is 2.11. The Bertz CT molecular complexity index is 246. The predicted octanol–water partition coefficient (Wildman–Crippen LogP) is 2.04. The van der Waals surface area contributed by atoms with E-state index in [0.717, 1.165) is 6.20 Å². The average molecular weight is 276 g/mol. The number of nitrogens with zero attached hydrogens (tertiary/aromatic N) is 2. The molecule has 11 heavy (non-hydrogen) atoms.